The topological polar surface area (TPSA) is 12.9 Å². The first-order chi connectivity index (χ1) is 9.36. The zero-order valence-corrected chi connectivity index (χ0v) is 13.4. The summed E-state index contributed by atoms with van der Waals surface area (Å²) >= 11 is 5.87. The Morgan fingerprint density at radius 3 is 2.20 bits per heavy atom. The minimum atomic E-state index is 0.210. The molecule has 0 aliphatic rings. The van der Waals surface area contributed by atoms with Crippen molar-refractivity contribution in [2.45, 2.75) is 45.4 Å². The molecule has 0 amide bonds. The molecule has 2 aromatic rings. The molecule has 1 nitrogen and oxygen atoms in total. The van der Waals surface area contributed by atoms with Gasteiger partial charge in [-0.05, 0) is 35.1 Å². The van der Waals surface area contributed by atoms with E-state index in [9.17, 15) is 0 Å². The second-order valence-corrected chi connectivity index (χ2v) is 6.89. The fourth-order valence-corrected chi connectivity index (χ4v) is 2.39. The lowest BCUT2D eigenvalue weighted by molar-refractivity contribution is 0.589. The number of hydrogen-bond donors (Lipinski definition) is 0. The first kappa shape index (κ1) is 15.1. The van der Waals surface area contributed by atoms with E-state index in [4.69, 9.17) is 11.6 Å². The van der Waals surface area contributed by atoms with Crippen LogP contribution in [0.15, 0.2) is 42.6 Å². The molecule has 0 saturated carbocycles. The molecule has 0 aliphatic carbocycles. The van der Waals surface area contributed by atoms with Gasteiger partial charge in [0.25, 0.3) is 0 Å². The smallest absolute Gasteiger partial charge is 0.0589 e. The summed E-state index contributed by atoms with van der Waals surface area (Å²) in [5.74, 6) is 0.396. The first-order valence-electron chi connectivity index (χ1n) is 7.07. The molecule has 1 unspecified atom stereocenters. The Morgan fingerprint density at radius 1 is 1.05 bits per heavy atom. The number of nitrogens with zero attached hydrogens (tertiary/aromatic N) is 1. The molecule has 0 N–H and O–H groups in total. The predicted molar refractivity (Wildman–Crippen MR) is 86.5 cm³/mol. The number of pyridine rings is 1. The Labute approximate surface area is 127 Å². The molecule has 2 rings (SSSR count). The third-order valence-electron chi connectivity index (χ3n) is 3.62. The fourth-order valence-electron chi connectivity index (χ4n) is 2.28. The minimum absolute atomic E-state index is 0.210. The van der Waals surface area contributed by atoms with Crippen LogP contribution in [0, 0.1) is 0 Å². The molecule has 0 spiro atoms. The van der Waals surface area contributed by atoms with Gasteiger partial charge in [0.1, 0.15) is 0 Å². The van der Waals surface area contributed by atoms with Crippen LogP contribution in [-0.4, -0.2) is 4.98 Å². The van der Waals surface area contributed by atoms with E-state index in [0.29, 0.717) is 10.9 Å². The van der Waals surface area contributed by atoms with E-state index >= 15 is 0 Å². The van der Waals surface area contributed by atoms with Crippen LogP contribution in [-0.2, 0) is 11.8 Å². The lowest BCUT2D eigenvalue weighted by atomic mass is 9.86. The summed E-state index contributed by atoms with van der Waals surface area (Å²) in [6.07, 6.45) is 2.72. The van der Waals surface area contributed by atoms with Gasteiger partial charge in [0.2, 0.25) is 0 Å². The zero-order chi connectivity index (χ0) is 14.8. The van der Waals surface area contributed by atoms with E-state index in [1.807, 2.05) is 12.1 Å². The Hall–Kier alpha value is -1.34. The van der Waals surface area contributed by atoms with E-state index in [1.54, 1.807) is 6.20 Å². The maximum absolute atomic E-state index is 5.87. The summed E-state index contributed by atoms with van der Waals surface area (Å²) in [6, 6.07) is 12.8. The third-order valence-corrected chi connectivity index (χ3v) is 3.84. The number of halogens is 1. The molecule has 1 atom stereocenters. The Kier molecular flexibility index (Phi) is 4.49. The van der Waals surface area contributed by atoms with Crippen molar-refractivity contribution in [3.63, 3.8) is 0 Å². The quantitative estimate of drug-likeness (QED) is 0.738. The summed E-state index contributed by atoms with van der Waals surface area (Å²) in [6.45, 7) is 8.92. The van der Waals surface area contributed by atoms with Crippen LogP contribution in [0.4, 0.5) is 0 Å². The Balaban J connectivity index is 2.08. The van der Waals surface area contributed by atoms with Crippen molar-refractivity contribution in [3.05, 3.63) is 64.4 Å². The van der Waals surface area contributed by atoms with Crippen LogP contribution in [0.3, 0.4) is 0 Å². The summed E-state index contributed by atoms with van der Waals surface area (Å²) in [5, 5.41) is 0.690. The average molecular weight is 288 g/mol. The highest BCUT2D eigenvalue weighted by Gasteiger charge is 2.13. The van der Waals surface area contributed by atoms with Gasteiger partial charge in [-0.15, -0.1) is 0 Å². The summed E-state index contributed by atoms with van der Waals surface area (Å²) in [4.78, 5) is 4.40. The lowest BCUT2D eigenvalue weighted by Crippen LogP contribution is -2.11. The van der Waals surface area contributed by atoms with Crippen molar-refractivity contribution in [1.29, 1.82) is 0 Å². The number of aromatic nitrogens is 1. The van der Waals surface area contributed by atoms with Gasteiger partial charge in [-0.3, -0.25) is 4.98 Å². The van der Waals surface area contributed by atoms with E-state index < -0.39 is 0 Å². The maximum Gasteiger partial charge on any atom is 0.0589 e. The standard InChI is InChI=1S/C18H22ClN/c1-13(17-10-9-16(19)12-20-17)11-14-5-7-15(8-6-14)18(2,3)4/h5-10,12-13H,11H2,1-4H3. The summed E-state index contributed by atoms with van der Waals surface area (Å²) in [7, 11) is 0. The summed E-state index contributed by atoms with van der Waals surface area (Å²) < 4.78 is 0. The number of benzene rings is 1. The molecular weight excluding hydrogens is 266 g/mol. The summed E-state index contributed by atoms with van der Waals surface area (Å²) in [5.41, 5.74) is 4.03. The Morgan fingerprint density at radius 2 is 1.70 bits per heavy atom. The number of rotatable bonds is 3. The average Bonchev–Trinajstić information content (AvgIpc) is 2.39. The van der Waals surface area contributed by atoms with Crippen molar-refractivity contribution in [3.8, 4) is 0 Å². The Bertz CT molecular complexity index is 549. The van der Waals surface area contributed by atoms with E-state index in [2.05, 4.69) is 56.9 Å². The highest BCUT2D eigenvalue weighted by Crippen LogP contribution is 2.24. The van der Waals surface area contributed by atoms with Crippen molar-refractivity contribution in [2.24, 2.45) is 0 Å². The molecule has 1 aromatic heterocycles. The third kappa shape index (κ3) is 3.83. The number of hydrogen-bond acceptors (Lipinski definition) is 1. The van der Waals surface area contributed by atoms with E-state index in [1.165, 1.54) is 11.1 Å². The normalized spacial score (nSPS) is 13.2. The maximum atomic E-state index is 5.87. The molecule has 0 aliphatic heterocycles. The van der Waals surface area contributed by atoms with Gasteiger partial charge in [-0.1, -0.05) is 63.6 Å². The van der Waals surface area contributed by atoms with Crippen LogP contribution >= 0.6 is 11.6 Å². The van der Waals surface area contributed by atoms with Crippen molar-refractivity contribution in [2.75, 3.05) is 0 Å². The van der Waals surface area contributed by atoms with Gasteiger partial charge in [-0.25, -0.2) is 0 Å². The van der Waals surface area contributed by atoms with Crippen LogP contribution in [0.2, 0.25) is 5.02 Å². The van der Waals surface area contributed by atoms with Crippen molar-refractivity contribution >= 4 is 11.6 Å². The largest absolute Gasteiger partial charge is 0.259 e. The van der Waals surface area contributed by atoms with Gasteiger partial charge in [-0.2, -0.15) is 0 Å². The van der Waals surface area contributed by atoms with Crippen LogP contribution < -0.4 is 0 Å². The molecule has 0 radical (unpaired) electrons. The monoisotopic (exact) mass is 287 g/mol. The molecular formula is C18H22ClN. The van der Waals surface area contributed by atoms with Gasteiger partial charge in [0.05, 0.1) is 5.02 Å². The first-order valence-corrected chi connectivity index (χ1v) is 7.45. The highest BCUT2D eigenvalue weighted by atomic mass is 35.5. The molecule has 1 heterocycles. The van der Waals surface area contributed by atoms with Crippen LogP contribution in [0.5, 0.6) is 0 Å². The molecule has 0 bridgehead atoms. The van der Waals surface area contributed by atoms with E-state index in [-0.39, 0.29) is 5.41 Å². The SMILES string of the molecule is CC(Cc1ccc(C(C)(C)C)cc1)c1ccc(Cl)cn1. The van der Waals surface area contributed by atoms with Gasteiger partial charge < -0.3 is 0 Å². The molecule has 1 aromatic carbocycles. The zero-order valence-electron chi connectivity index (χ0n) is 12.7. The molecule has 20 heavy (non-hydrogen) atoms. The minimum Gasteiger partial charge on any atom is -0.259 e. The molecule has 0 saturated heterocycles. The fraction of sp³-hybridized carbons (Fsp3) is 0.389. The van der Waals surface area contributed by atoms with Gasteiger partial charge >= 0.3 is 0 Å². The second-order valence-electron chi connectivity index (χ2n) is 6.45. The van der Waals surface area contributed by atoms with Crippen LogP contribution in [0.1, 0.15) is 50.4 Å². The predicted octanol–water partition coefficient (Wildman–Crippen LogP) is 5.38. The lowest BCUT2D eigenvalue weighted by Gasteiger charge is -2.19. The van der Waals surface area contributed by atoms with Crippen molar-refractivity contribution < 1.29 is 0 Å². The van der Waals surface area contributed by atoms with Gasteiger partial charge in [0.15, 0.2) is 0 Å². The van der Waals surface area contributed by atoms with Gasteiger partial charge in [0, 0.05) is 17.8 Å². The van der Waals surface area contributed by atoms with Crippen LogP contribution in [0.25, 0.3) is 0 Å². The molecule has 0 fully saturated rings. The van der Waals surface area contributed by atoms with Crippen molar-refractivity contribution in [1.82, 2.24) is 4.98 Å². The molecule has 2 heteroatoms. The van der Waals surface area contributed by atoms with E-state index in [0.717, 1.165) is 12.1 Å². The highest BCUT2D eigenvalue weighted by molar-refractivity contribution is 6.30. The second kappa shape index (κ2) is 5.97. The molecule has 106 valence electrons.